The normalized spacial score (nSPS) is 20.7. The van der Waals surface area contributed by atoms with E-state index in [-0.39, 0.29) is 23.9 Å². The summed E-state index contributed by atoms with van der Waals surface area (Å²) in [7, 11) is 0. The number of nitrogens with zero attached hydrogens (tertiary/aromatic N) is 3. The molecule has 1 N–H and O–H groups in total. The number of hydrogen-bond acceptors (Lipinski definition) is 3. The van der Waals surface area contributed by atoms with Crippen LogP contribution in [0.15, 0.2) is 24.4 Å². The van der Waals surface area contributed by atoms with E-state index in [1.807, 2.05) is 23.1 Å². The van der Waals surface area contributed by atoms with Gasteiger partial charge in [0, 0.05) is 24.8 Å². The van der Waals surface area contributed by atoms with E-state index >= 15 is 0 Å². The molecule has 1 unspecified atom stereocenters. The molecule has 6 nitrogen and oxygen atoms in total. The Morgan fingerprint density at radius 1 is 1.24 bits per heavy atom. The van der Waals surface area contributed by atoms with Gasteiger partial charge in [-0.3, -0.25) is 14.0 Å². The average molecular weight is 340 g/mol. The number of hydrogen-bond donors (Lipinski definition) is 1. The van der Waals surface area contributed by atoms with Crippen LogP contribution in [-0.4, -0.2) is 44.7 Å². The highest BCUT2D eigenvalue weighted by atomic mass is 16.2. The molecule has 1 aliphatic heterocycles. The molecule has 6 heteroatoms. The number of pyridine rings is 1. The summed E-state index contributed by atoms with van der Waals surface area (Å²) in [5.41, 5.74) is 1.09. The van der Waals surface area contributed by atoms with Crippen molar-refractivity contribution in [2.75, 3.05) is 6.54 Å². The Labute approximate surface area is 147 Å². The van der Waals surface area contributed by atoms with Gasteiger partial charge in [0.05, 0.1) is 5.52 Å². The maximum atomic E-state index is 13.2. The molecule has 25 heavy (non-hydrogen) atoms. The maximum absolute atomic E-state index is 13.2. The van der Waals surface area contributed by atoms with E-state index in [1.165, 1.54) is 6.42 Å². The van der Waals surface area contributed by atoms with Crippen LogP contribution in [0.2, 0.25) is 0 Å². The van der Waals surface area contributed by atoms with Crippen LogP contribution in [-0.2, 0) is 0 Å². The molecule has 4 rings (SSSR count). The number of fused-ring (bicyclic) bond motifs is 1. The Bertz CT molecular complexity index is 809. The van der Waals surface area contributed by atoms with Crippen molar-refractivity contribution in [1.29, 1.82) is 0 Å². The number of amides is 2. The molecule has 1 atom stereocenters. The van der Waals surface area contributed by atoms with Crippen LogP contribution in [0.3, 0.4) is 0 Å². The molecule has 3 heterocycles. The summed E-state index contributed by atoms with van der Waals surface area (Å²) in [6.45, 7) is 2.89. The van der Waals surface area contributed by atoms with E-state index in [0.29, 0.717) is 17.0 Å². The third kappa shape index (κ3) is 3.01. The van der Waals surface area contributed by atoms with Gasteiger partial charge in [-0.1, -0.05) is 13.0 Å². The molecule has 1 saturated heterocycles. The molecule has 2 aromatic heterocycles. The zero-order valence-electron chi connectivity index (χ0n) is 14.6. The lowest BCUT2D eigenvalue weighted by Gasteiger charge is -2.34. The molecule has 0 bridgehead atoms. The lowest BCUT2D eigenvalue weighted by molar-refractivity contribution is 0.0604. The molecule has 0 radical (unpaired) electrons. The minimum atomic E-state index is -0.201. The molecule has 132 valence electrons. The predicted octanol–water partition coefficient (Wildman–Crippen LogP) is 2.63. The Morgan fingerprint density at radius 2 is 2.08 bits per heavy atom. The standard InChI is InChI=1S/C19H24N4O2/c1-2-14-7-3-5-11-22(14)19(25)16-15-8-4-6-12-23(15)17(21-16)18(24)20-13-9-10-13/h4,6,8,12-14H,2-3,5,7,9-11H2,1H3,(H,20,24). The van der Waals surface area contributed by atoms with Gasteiger partial charge in [-0.05, 0) is 50.7 Å². The van der Waals surface area contributed by atoms with Gasteiger partial charge in [0.15, 0.2) is 5.69 Å². The number of likely N-dealkylation sites (tertiary alicyclic amines) is 1. The molecular formula is C19H24N4O2. The molecule has 2 amide bonds. The highest BCUT2D eigenvalue weighted by molar-refractivity contribution is 6.02. The van der Waals surface area contributed by atoms with Gasteiger partial charge < -0.3 is 10.2 Å². The van der Waals surface area contributed by atoms with Crippen LogP contribution >= 0.6 is 0 Å². The minimum Gasteiger partial charge on any atom is -0.347 e. The summed E-state index contributed by atoms with van der Waals surface area (Å²) < 4.78 is 1.73. The van der Waals surface area contributed by atoms with Crippen LogP contribution < -0.4 is 5.32 Å². The molecule has 1 aliphatic carbocycles. The largest absolute Gasteiger partial charge is 0.347 e. The number of carbonyl (C=O) groups is 2. The number of imidazole rings is 1. The van der Waals surface area contributed by atoms with Crippen LogP contribution in [0.1, 0.15) is 66.6 Å². The smallest absolute Gasteiger partial charge is 0.287 e. The van der Waals surface area contributed by atoms with Gasteiger partial charge in [0.25, 0.3) is 11.8 Å². The van der Waals surface area contributed by atoms with E-state index < -0.39 is 0 Å². The molecular weight excluding hydrogens is 316 g/mol. The highest BCUT2D eigenvalue weighted by Crippen LogP contribution is 2.24. The second-order valence-electron chi connectivity index (χ2n) is 7.04. The van der Waals surface area contributed by atoms with Crippen molar-refractivity contribution in [2.24, 2.45) is 0 Å². The van der Waals surface area contributed by atoms with E-state index in [9.17, 15) is 9.59 Å². The summed E-state index contributed by atoms with van der Waals surface area (Å²) in [5.74, 6) is 0.0464. The first-order valence-corrected chi connectivity index (χ1v) is 9.28. The molecule has 0 spiro atoms. The Hall–Kier alpha value is -2.37. The summed E-state index contributed by atoms with van der Waals surface area (Å²) >= 11 is 0. The number of piperidine rings is 1. The fourth-order valence-electron chi connectivity index (χ4n) is 3.66. The Kier molecular flexibility index (Phi) is 4.19. The molecule has 2 aromatic rings. The minimum absolute atomic E-state index is 0.0549. The molecule has 1 saturated carbocycles. The summed E-state index contributed by atoms with van der Waals surface area (Å²) in [5, 5.41) is 2.97. The molecule has 2 aliphatic rings. The monoisotopic (exact) mass is 340 g/mol. The van der Waals surface area contributed by atoms with Crippen LogP contribution in [0, 0.1) is 0 Å². The second kappa shape index (κ2) is 6.50. The first-order chi connectivity index (χ1) is 12.2. The van der Waals surface area contributed by atoms with Crippen LogP contribution in [0.4, 0.5) is 0 Å². The summed E-state index contributed by atoms with van der Waals surface area (Å²) in [4.78, 5) is 32.1. The van der Waals surface area contributed by atoms with Crippen molar-refractivity contribution in [3.8, 4) is 0 Å². The maximum Gasteiger partial charge on any atom is 0.287 e. The fraction of sp³-hybridized carbons (Fsp3) is 0.526. The Morgan fingerprint density at radius 3 is 2.84 bits per heavy atom. The summed E-state index contributed by atoms with van der Waals surface area (Å²) in [6.07, 6.45) is 8.04. The molecule has 2 fully saturated rings. The van der Waals surface area contributed by atoms with Crippen molar-refractivity contribution < 1.29 is 9.59 Å². The molecule has 0 aromatic carbocycles. The highest BCUT2D eigenvalue weighted by Gasteiger charge is 2.31. The Balaban J connectivity index is 1.71. The van der Waals surface area contributed by atoms with Crippen LogP contribution in [0.5, 0.6) is 0 Å². The number of nitrogens with one attached hydrogen (secondary N) is 1. The van der Waals surface area contributed by atoms with Gasteiger partial charge in [-0.25, -0.2) is 4.98 Å². The van der Waals surface area contributed by atoms with Gasteiger partial charge in [-0.2, -0.15) is 0 Å². The predicted molar refractivity (Wildman–Crippen MR) is 94.6 cm³/mol. The van der Waals surface area contributed by atoms with Crippen LogP contribution in [0.25, 0.3) is 5.52 Å². The number of rotatable bonds is 4. The fourth-order valence-corrected chi connectivity index (χ4v) is 3.66. The number of aromatic nitrogens is 2. The van der Waals surface area contributed by atoms with Crippen molar-refractivity contribution in [3.63, 3.8) is 0 Å². The summed E-state index contributed by atoms with van der Waals surface area (Å²) in [6, 6.07) is 6.12. The van der Waals surface area contributed by atoms with E-state index in [0.717, 1.165) is 38.6 Å². The average Bonchev–Trinajstić information content (AvgIpc) is 3.38. The topological polar surface area (TPSA) is 66.7 Å². The lowest BCUT2D eigenvalue weighted by Crippen LogP contribution is -2.43. The van der Waals surface area contributed by atoms with E-state index in [1.54, 1.807) is 10.6 Å². The van der Waals surface area contributed by atoms with Crippen molar-refractivity contribution in [1.82, 2.24) is 19.6 Å². The first-order valence-electron chi connectivity index (χ1n) is 9.28. The van der Waals surface area contributed by atoms with Gasteiger partial charge >= 0.3 is 0 Å². The van der Waals surface area contributed by atoms with Gasteiger partial charge in [-0.15, -0.1) is 0 Å². The SMILES string of the molecule is CCC1CCCCN1C(=O)c1nc(C(=O)NC2CC2)n2ccccc12. The number of carbonyl (C=O) groups excluding carboxylic acids is 2. The van der Waals surface area contributed by atoms with E-state index in [2.05, 4.69) is 17.2 Å². The van der Waals surface area contributed by atoms with Crippen molar-refractivity contribution in [2.45, 2.75) is 57.5 Å². The van der Waals surface area contributed by atoms with E-state index in [4.69, 9.17) is 0 Å². The second-order valence-corrected chi connectivity index (χ2v) is 7.04. The van der Waals surface area contributed by atoms with Crippen molar-refractivity contribution >= 4 is 17.3 Å². The van der Waals surface area contributed by atoms with Crippen molar-refractivity contribution in [3.05, 3.63) is 35.9 Å². The third-order valence-electron chi connectivity index (χ3n) is 5.23. The third-order valence-corrected chi connectivity index (χ3v) is 5.23. The lowest BCUT2D eigenvalue weighted by atomic mass is 9.99. The van der Waals surface area contributed by atoms with Gasteiger partial charge in [0.2, 0.25) is 5.82 Å². The van der Waals surface area contributed by atoms with Gasteiger partial charge in [0.1, 0.15) is 0 Å². The first kappa shape index (κ1) is 16.1. The zero-order valence-corrected chi connectivity index (χ0v) is 14.6. The quantitative estimate of drug-likeness (QED) is 0.930. The zero-order chi connectivity index (χ0) is 17.4.